The summed E-state index contributed by atoms with van der Waals surface area (Å²) < 4.78 is 11.1. The van der Waals surface area contributed by atoms with Crippen molar-refractivity contribution < 1.29 is 14.3 Å². The zero-order valence-electron chi connectivity index (χ0n) is 14.0. The van der Waals surface area contributed by atoms with E-state index < -0.39 is 6.10 Å². The van der Waals surface area contributed by atoms with E-state index >= 15 is 0 Å². The third-order valence-electron chi connectivity index (χ3n) is 3.94. The largest absolute Gasteiger partial charge is 0.376 e. The average molecular weight is 305 g/mol. The van der Waals surface area contributed by atoms with Gasteiger partial charge in [-0.25, -0.2) is 0 Å². The van der Waals surface area contributed by atoms with E-state index in [1.807, 2.05) is 24.3 Å². The van der Waals surface area contributed by atoms with E-state index in [4.69, 9.17) is 9.47 Å². The van der Waals surface area contributed by atoms with E-state index in [2.05, 4.69) is 26.1 Å². The molecule has 2 rings (SSSR count). The molecule has 1 aromatic rings. The van der Waals surface area contributed by atoms with E-state index in [1.54, 1.807) is 6.92 Å². The molecule has 1 heterocycles. The molecule has 1 N–H and O–H groups in total. The first-order chi connectivity index (χ1) is 10.4. The quantitative estimate of drug-likeness (QED) is 0.905. The van der Waals surface area contributed by atoms with Crippen molar-refractivity contribution in [3.05, 3.63) is 29.8 Å². The molecule has 1 aliphatic rings. The van der Waals surface area contributed by atoms with E-state index in [-0.39, 0.29) is 17.4 Å². The smallest absolute Gasteiger partial charge is 0.253 e. The third-order valence-corrected chi connectivity index (χ3v) is 3.94. The highest BCUT2D eigenvalue weighted by atomic mass is 16.5. The van der Waals surface area contributed by atoms with Crippen LogP contribution in [-0.4, -0.2) is 31.3 Å². The molecule has 1 amide bonds. The van der Waals surface area contributed by atoms with Crippen LogP contribution in [0.5, 0.6) is 0 Å². The van der Waals surface area contributed by atoms with Gasteiger partial charge in [0.05, 0.1) is 12.7 Å². The van der Waals surface area contributed by atoms with Gasteiger partial charge in [-0.15, -0.1) is 0 Å². The highest BCUT2D eigenvalue weighted by Gasteiger charge is 2.20. The van der Waals surface area contributed by atoms with Crippen molar-refractivity contribution in [2.24, 2.45) is 0 Å². The highest BCUT2D eigenvalue weighted by molar-refractivity contribution is 5.93. The fourth-order valence-corrected chi connectivity index (χ4v) is 2.40. The molecule has 1 fully saturated rings. The van der Waals surface area contributed by atoms with Crippen molar-refractivity contribution in [1.29, 1.82) is 0 Å². The van der Waals surface area contributed by atoms with E-state index in [9.17, 15) is 4.79 Å². The lowest BCUT2D eigenvalue weighted by Gasteiger charge is -2.20. The Balaban J connectivity index is 1.82. The standard InChI is InChI=1S/C18H27NO3/c1-13(22-12-16-6-5-11-21-16)17(20)19-15-9-7-14(8-10-15)18(2,3)4/h7-10,13,16H,5-6,11-12H2,1-4H3,(H,19,20). The van der Waals surface area contributed by atoms with Crippen molar-refractivity contribution in [2.45, 2.75) is 58.2 Å². The van der Waals surface area contributed by atoms with Crippen LogP contribution in [0.1, 0.15) is 46.1 Å². The number of amides is 1. The van der Waals surface area contributed by atoms with Crippen molar-refractivity contribution >= 4 is 11.6 Å². The van der Waals surface area contributed by atoms with Crippen LogP contribution in [0.4, 0.5) is 5.69 Å². The molecule has 22 heavy (non-hydrogen) atoms. The SMILES string of the molecule is CC(OCC1CCCO1)C(=O)Nc1ccc(C(C)(C)C)cc1. The zero-order chi connectivity index (χ0) is 16.2. The van der Waals surface area contributed by atoms with Crippen LogP contribution in [0.2, 0.25) is 0 Å². The number of hydrogen-bond donors (Lipinski definition) is 1. The second-order valence-corrected chi connectivity index (χ2v) is 6.93. The summed E-state index contributed by atoms with van der Waals surface area (Å²) in [7, 11) is 0. The Kier molecular flexibility index (Phi) is 5.59. The number of benzene rings is 1. The van der Waals surface area contributed by atoms with Crippen molar-refractivity contribution in [3.8, 4) is 0 Å². The Morgan fingerprint density at radius 2 is 2.05 bits per heavy atom. The number of anilines is 1. The number of rotatable bonds is 5. The lowest BCUT2D eigenvalue weighted by Crippen LogP contribution is -2.30. The van der Waals surface area contributed by atoms with Gasteiger partial charge in [0, 0.05) is 12.3 Å². The summed E-state index contributed by atoms with van der Waals surface area (Å²) >= 11 is 0. The predicted molar refractivity (Wildman–Crippen MR) is 88.2 cm³/mol. The summed E-state index contributed by atoms with van der Waals surface area (Å²) in [6.07, 6.45) is 1.75. The molecule has 0 aromatic heterocycles. The molecule has 0 radical (unpaired) electrons. The molecule has 1 aromatic carbocycles. The lowest BCUT2D eigenvalue weighted by molar-refractivity contribution is -0.128. The first kappa shape index (κ1) is 17.0. The van der Waals surface area contributed by atoms with Gasteiger partial charge in [-0.1, -0.05) is 32.9 Å². The Morgan fingerprint density at radius 1 is 1.36 bits per heavy atom. The number of nitrogens with one attached hydrogen (secondary N) is 1. The number of hydrogen-bond acceptors (Lipinski definition) is 3. The molecule has 2 unspecified atom stereocenters. The van der Waals surface area contributed by atoms with Gasteiger partial charge in [-0.2, -0.15) is 0 Å². The van der Waals surface area contributed by atoms with E-state index in [0.717, 1.165) is 25.1 Å². The molecular weight excluding hydrogens is 278 g/mol. The van der Waals surface area contributed by atoms with Crippen molar-refractivity contribution in [2.75, 3.05) is 18.5 Å². The Morgan fingerprint density at radius 3 is 2.59 bits per heavy atom. The fourth-order valence-electron chi connectivity index (χ4n) is 2.40. The van der Waals surface area contributed by atoms with Crippen LogP contribution in [0.3, 0.4) is 0 Å². The third kappa shape index (κ3) is 4.82. The number of carbonyl (C=O) groups is 1. The van der Waals surface area contributed by atoms with E-state index in [1.165, 1.54) is 5.56 Å². The molecule has 0 aliphatic carbocycles. The molecule has 2 atom stereocenters. The molecule has 122 valence electrons. The Labute approximate surface area is 133 Å². The van der Waals surface area contributed by atoms with Crippen molar-refractivity contribution in [3.63, 3.8) is 0 Å². The van der Waals surface area contributed by atoms with Crippen LogP contribution < -0.4 is 5.32 Å². The van der Waals surface area contributed by atoms with Gasteiger partial charge >= 0.3 is 0 Å². The van der Waals surface area contributed by atoms with Crippen LogP contribution in [0.25, 0.3) is 0 Å². The lowest BCUT2D eigenvalue weighted by atomic mass is 9.87. The number of carbonyl (C=O) groups excluding carboxylic acids is 1. The van der Waals surface area contributed by atoms with Crippen LogP contribution in [0.15, 0.2) is 24.3 Å². The summed E-state index contributed by atoms with van der Waals surface area (Å²) in [5, 5.41) is 2.89. The second kappa shape index (κ2) is 7.25. The monoisotopic (exact) mass is 305 g/mol. The van der Waals surface area contributed by atoms with Gasteiger partial charge in [0.25, 0.3) is 5.91 Å². The van der Waals surface area contributed by atoms with Crippen LogP contribution in [0, 0.1) is 0 Å². The Bertz CT molecular complexity index is 484. The highest BCUT2D eigenvalue weighted by Crippen LogP contribution is 2.23. The van der Waals surface area contributed by atoms with Gasteiger partial charge < -0.3 is 14.8 Å². The van der Waals surface area contributed by atoms with Gasteiger partial charge in [-0.05, 0) is 42.9 Å². The first-order valence-electron chi connectivity index (χ1n) is 8.01. The average Bonchev–Trinajstić information content (AvgIpc) is 2.97. The summed E-state index contributed by atoms with van der Waals surface area (Å²) in [5.74, 6) is -0.124. The van der Waals surface area contributed by atoms with Crippen LogP contribution >= 0.6 is 0 Å². The first-order valence-corrected chi connectivity index (χ1v) is 8.01. The number of ether oxygens (including phenoxy) is 2. The maximum Gasteiger partial charge on any atom is 0.253 e. The van der Waals surface area contributed by atoms with Gasteiger partial charge in [0.15, 0.2) is 0 Å². The second-order valence-electron chi connectivity index (χ2n) is 6.93. The zero-order valence-corrected chi connectivity index (χ0v) is 14.0. The van der Waals surface area contributed by atoms with Crippen molar-refractivity contribution in [1.82, 2.24) is 0 Å². The van der Waals surface area contributed by atoms with Gasteiger partial charge in [0.2, 0.25) is 0 Å². The molecule has 0 saturated carbocycles. The maximum atomic E-state index is 12.1. The van der Waals surface area contributed by atoms with Crippen LogP contribution in [-0.2, 0) is 19.7 Å². The normalized spacial score (nSPS) is 19.9. The summed E-state index contributed by atoms with van der Waals surface area (Å²) in [6.45, 7) is 9.56. The predicted octanol–water partition coefficient (Wildman–Crippen LogP) is 3.51. The molecular formula is C18H27NO3. The summed E-state index contributed by atoms with van der Waals surface area (Å²) in [6, 6.07) is 7.97. The molecule has 4 heteroatoms. The molecule has 1 aliphatic heterocycles. The molecule has 0 bridgehead atoms. The van der Waals surface area contributed by atoms with Gasteiger partial charge in [0.1, 0.15) is 6.10 Å². The summed E-state index contributed by atoms with van der Waals surface area (Å²) in [5.41, 5.74) is 2.15. The Hall–Kier alpha value is -1.39. The molecule has 0 spiro atoms. The van der Waals surface area contributed by atoms with E-state index in [0.29, 0.717) is 6.61 Å². The minimum atomic E-state index is -0.480. The summed E-state index contributed by atoms with van der Waals surface area (Å²) in [4.78, 5) is 12.1. The molecule has 4 nitrogen and oxygen atoms in total. The fraction of sp³-hybridized carbons (Fsp3) is 0.611. The molecule has 1 saturated heterocycles. The maximum absolute atomic E-state index is 12.1. The topological polar surface area (TPSA) is 47.6 Å². The minimum absolute atomic E-state index is 0.111. The minimum Gasteiger partial charge on any atom is -0.376 e. The van der Waals surface area contributed by atoms with Gasteiger partial charge in [-0.3, -0.25) is 4.79 Å².